The zero-order chi connectivity index (χ0) is 17.9. The Labute approximate surface area is 173 Å². The number of hydrogen-bond donors (Lipinski definition) is 3. The van der Waals surface area contributed by atoms with E-state index in [0.717, 1.165) is 12.4 Å². The number of carbonyl (C=O) groups excluding carboxylic acids is 1. The molecule has 1 aromatic rings. The standard InChI is InChI=1S/C18H29ClN4O.HI/c1-13(2)9-10-14(3)23-18(20-4)22-12-11-21-17(24)15-7-5-6-8-16(15)19;/h5-8,13-14H,9-12H2,1-4H3,(H,21,24)(H2,20,22,23);1H. The molecule has 1 amide bonds. The largest absolute Gasteiger partial charge is 0.355 e. The van der Waals surface area contributed by atoms with E-state index in [1.54, 1.807) is 31.3 Å². The average molecular weight is 481 g/mol. The lowest BCUT2D eigenvalue weighted by atomic mass is 10.0. The van der Waals surface area contributed by atoms with Gasteiger partial charge in [-0.25, -0.2) is 0 Å². The van der Waals surface area contributed by atoms with Crippen molar-refractivity contribution in [3.8, 4) is 0 Å². The third-order valence-electron chi connectivity index (χ3n) is 3.61. The van der Waals surface area contributed by atoms with Gasteiger partial charge in [0.25, 0.3) is 5.91 Å². The molecule has 0 spiro atoms. The van der Waals surface area contributed by atoms with Crippen LogP contribution in [0.15, 0.2) is 29.3 Å². The molecule has 0 saturated heterocycles. The van der Waals surface area contributed by atoms with Gasteiger partial charge in [-0.1, -0.05) is 37.6 Å². The van der Waals surface area contributed by atoms with Crippen molar-refractivity contribution in [3.63, 3.8) is 0 Å². The molecule has 0 radical (unpaired) electrons. The van der Waals surface area contributed by atoms with Gasteiger partial charge in [-0.15, -0.1) is 24.0 Å². The summed E-state index contributed by atoms with van der Waals surface area (Å²) in [7, 11) is 1.74. The van der Waals surface area contributed by atoms with E-state index in [2.05, 4.69) is 41.7 Å². The highest BCUT2D eigenvalue weighted by Crippen LogP contribution is 2.14. The van der Waals surface area contributed by atoms with Crippen LogP contribution in [0.3, 0.4) is 0 Å². The van der Waals surface area contributed by atoms with Crippen molar-refractivity contribution in [2.45, 2.75) is 39.7 Å². The van der Waals surface area contributed by atoms with Gasteiger partial charge in [0.05, 0.1) is 10.6 Å². The second kappa shape index (κ2) is 13.2. The Morgan fingerprint density at radius 1 is 1.12 bits per heavy atom. The molecule has 0 heterocycles. The highest BCUT2D eigenvalue weighted by molar-refractivity contribution is 14.0. The first-order chi connectivity index (χ1) is 11.4. The summed E-state index contributed by atoms with van der Waals surface area (Å²) in [5, 5.41) is 9.86. The lowest BCUT2D eigenvalue weighted by molar-refractivity contribution is 0.0954. The first-order valence-electron chi connectivity index (χ1n) is 8.44. The summed E-state index contributed by atoms with van der Waals surface area (Å²) in [5.74, 6) is 1.28. The minimum atomic E-state index is -0.171. The summed E-state index contributed by atoms with van der Waals surface area (Å²) in [6.07, 6.45) is 2.28. The van der Waals surface area contributed by atoms with Gasteiger partial charge < -0.3 is 16.0 Å². The Morgan fingerprint density at radius 3 is 2.36 bits per heavy atom. The molecule has 0 aliphatic rings. The smallest absolute Gasteiger partial charge is 0.252 e. The number of nitrogens with one attached hydrogen (secondary N) is 3. The highest BCUT2D eigenvalue weighted by atomic mass is 127. The summed E-state index contributed by atoms with van der Waals surface area (Å²) in [4.78, 5) is 16.2. The van der Waals surface area contributed by atoms with Crippen LogP contribution in [0, 0.1) is 5.92 Å². The van der Waals surface area contributed by atoms with Crippen LogP contribution in [-0.2, 0) is 0 Å². The molecular formula is C18H30ClIN4O. The first-order valence-corrected chi connectivity index (χ1v) is 8.81. The lowest BCUT2D eigenvalue weighted by Gasteiger charge is -2.18. The second-order valence-corrected chi connectivity index (χ2v) is 6.66. The van der Waals surface area contributed by atoms with E-state index in [1.165, 1.54) is 6.42 Å². The van der Waals surface area contributed by atoms with Gasteiger partial charge in [0, 0.05) is 26.2 Å². The first kappa shape index (κ1) is 24.0. The Morgan fingerprint density at radius 2 is 1.76 bits per heavy atom. The molecule has 1 aromatic carbocycles. The van der Waals surface area contributed by atoms with Crippen LogP contribution >= 0.6 is 35.6 Å². The SMILES string of the molecule is CN=C(NCCNC(=O)c1ccccc1Cl)NC(C)CCC(C)C.I. The van der Waals surface area contributed by atoms with Crippen molar-refractivity contribution in [2.75, 3.05) is 20.1 Å². The van der Waals surface area contributed by atoms with E-state index < -0.39 is 0 Å². The molecule has 7 heteroatoms. The Kier molecular flexibility index (Phi) is 12.7. The molecule has 1 atom stereocenters. The van der Waals surface area contributed by atoms with Gasteiger partial charge in [-0.05, 0) is 37.8 Å². The number of carbonyl (C=O) groups is 1. The molecule has 142 valence electrons. The quantitative estimate of drug-likeness (QED) is 0.230. The molecule has 25 heavy (non-hydrogen) atoms. The molecule has 0 fully saturated rings. The molecule has 0 bridgehead atoms. The van der Waals surface area contributed by atoms with Crippen LogP contribution in [0.5, 0.6) is 0 Å². The van der Waals surface area contributed by atoms with Crippen molar-refractivity contribution in [1.82, 2.24) is 16.0 Å². The van der Waals surface area contributed by atoms with Crippen molar-refractivity contribution >= 4 is 47.4 Å². The third-order valence-corrected chi connectivity index (χ3v) is 3.93. The fraction of sp³-hybridized carbons (Fsp3) is 0.556. The summed E-state index contributed by atoms with van der Waals surface area (Å²) in [6, 6.07) is 7.37. The van der Waals surface area contributed by atoms with Crippen LogP contribution in [0.2, 0.25) is 5.02 Å². The van der Waals surface area contributed by atoms with Crippen LogP contribution in [0.25, 0.3) is 0 Å². The van der Waals surface area contributed by atoms with Crippen molar-refractivity contribution in [1.29, 1.82) is 0 Å². The van der Waals surface area contributed by atoms with Gasteiger partial charge >= 0.3 is 0 Å². The van der Waals surface area contributed by atoms with Gasteiger partial charge in [0.15, 0.2) is 5.96 Å². The third kappa shape index (κ3) is 9.89. The predicted octanol–water partition coefficient (Wildman–Crippen LogP) is 3.68. The molecule has 1 rings (SSSR count). The van der Waals surface area contributed by atoms with Crippen LogP contribution in [0.1, 0.15) is 44.0 Å². The van der Waals surface area contributed by atoms with Crippen molar-refractivity contribution in [3.05, 3.63) is 34.9 Å². The summed E-state index contributed by atoms with van der Waals surface area (Å²) in [5.41, 5.74) is 0.490. The zero-order valence-electron chi connectivity index (χ0n) is 15.4. The maximum absolute atomic E-state index is 12.0. The van der Waals surface area contributed by atoms with Crippen LogP contribution in [-0.4, -0.2) is 38.0 Å². The lowest BCUT2D eigenvalue weighted by Crippen LogP contribution is -2.44. The topological polar surface area (TPSA) is 65.5 Å². The van der Waals surface area contributed by atoms with E-state index >= 15 is 0 Å². The predicted molar refractivity (Wildman–Crippen MR) is 117 cm³/mol. The molecule has 0 aromatic heterocycles. The number of aliphatic imine (C=N–C) groups is 1. The van der Waals surface area contributed by atoms with E-state index in [9.17, 15) is 4.79 Å². The van der Waals surface area contributed by atoms with Gasteiger partial charge in [0.2, 0.25) is 0 Å². The van der Waals surface area contributed by atoms with E-state index in [4.69, 9.17) is 11.6 Å². The maximum atomic E-state index is 12.0. The Balaban J connectivity index is 0.00000576. The number of halogens is 2. The van der Waals surface area contributed by atoms with Gasteiger partial charge in [-0.2, -0.15) is 0 Å². The molecular weight excluding hydrogens is 451 g/mol. The number of benzene rings is 1. The fourth-order valence-electron chi connectivity index (χ4n) is 2.18. The monoisotopic (exact) mass is 480 g/mol. The molecule has 5 nitrogen and oxygen atoms in total. The number of rotatable bonds is 8. The molecule has 0 aliphatic carbocycles. The van der Waals surface area contributed by atoms with E-state index in [1.807, 2.05) is 0 Å². The van der Waals surface area contributed by atoms with Crippen molar-refractivity contribution < 1.29 is 4.79 Å². The minimum absolute atomic E-state index is 0. The summed E-state index contributed by atoms with van der Waals surface area (Å²) < 4.78 is 0. The number of amides is 1. The van der Waals surface area contributed by atoms with E-state index in [0.29, 0.717) is 35.6 Å². The Bertz CT molecular complexity index is 552. The van der Waals surface area contributed by atoms with Gasteiger partial charge in [-0.3, -0.25) is 9.79 Å². The van der Waals surface area contributed by atoms with E-state index in [-0.39, 0.29) is 29.9 Å². The minimum Gasteiger partial charge on any atom is -0.355 e. The summed E-state index contributed by atoms with van der Waals surface area (Å²) >= 11 is 6.01. The van der Waals surface area contributed by atoms with Crippen LogP contribution < -0.4 is 16.0 Å². The van der Waals surface area contributed by atoms with Crippen molar-refractivity contribution in [2.24, 2.45) is 10.9 Å². The molecule has 0 aliphatic heterocycles. The molecule has 3 N–H and O–H groups in total. The number of guanidine groups is 1. The van der Waals surface area contributed by atoms with Crippen LogP contribution in [0.4, 0.5) is 0 Å². The molecule has 0 saturated carbocycles. The average Bonchev–Trinajstić information content (AvgIpc) is 2.55. The zero-order valence-corrected chi connectivity index (χ0v) is 18.5. The number of nitrogens with zero attached hydrogens (tertiary/aromatic N) is 1. The number of hydrogen-bond acceptors (Lipinski definition) is 2. The molecule has 1 unspecified atom stereocenters. The highest BCUT2D eigenvalue weighted by Gasteiger charge is 2.09. The second-order valence-electron chi connectivity index (χ2n) is 6.25. The fourth-order valence-corrected chi connectivity index (χ4v) is 2.40. The maximum Gasteiger partial charge on any atom is 0.252 e. The van der Waals surface area contributed by atoms with Gasteiger partial charge in [0.1, 0.15) is 0 Å². The normalized spacial score (nSPS) is 12.3. The summed E-state index contributed by atoms with van der Waals surface area (Å²) in [6.45, 7) is 7.68. The Hall–Kier alpha value is -1.02.